The molecule has 1 N–H and O–H groups in total. The number of benzene rings is 1. The summed E-state index contributed by atoms with van der Waals surface area (Å²) in [4.78, 5) is 25.5. The molecule has 1 aromatic rings. The third kappa shape index (κ3) is 5.86. The summed E-state index contributed by atoms with van der Waals surface area (Å²) in [5.41, 5.74) is 1.58. The van der Waals surface area contributed by atoms with Crippen LogP contribution in [0.5, 0.6) is 0 Å². The van der Waals surface area contributed by atoms with Crippen LogP contribution in [0.25, 0.3) is 0 Å². The highest BCUT2D eigenvalue weighted by Crippen LogP contribution is 2.20. The monoisotopic (exact) mass is 382 g/mol. The fourth-order valence-corrected chi connectivity index (χ4v) is 2.97. The van der Waals surface area contributed by atoms with E-state index in [4.69, 9.17) is 4.74 Å². The minimum absolute atomic E-state index is 0.183. The zero-order valence-corrected chi connectivity index (χ0v) is 15.4. The number of nitrogens with one attached hydrogen (secondary N) is 1. The highest BCUT2D eigenvalue weighted by molar-refractivity contribution is 9.09. The van der Waals surface area contributed by atoms with Gasteiger partial charge in [-0.25, -0.2) is 4.79 Å². The van der Waals surface area contributed by atoms with Gasteiger partial charge in [0.05, 0.1) is 0 Å². The molecule has 23 heavy (non-hydrogen) atoms. The van der Waals surface area contributed by atoms with Crippen molar-refractivity contribution >= 4 is 27.9 Å². The van der Waals surface area contributed by atoms with E-state index in [1.807, 2.05) is 49.9 Å². The second-order valence-electron chi connectivity index (χ2n) is 6.75. The van der Waals surface area contributed by atoms with Crippen LogP contribution in [0, 0.1) is 0 Å². The first-order chi connectivity index (χ1) is 10.7. The van der Waals surface area contributed by atoms with Crippen LogP contribution in [-0.2, 0) is 22.6 Å². The Labute approximate surface area is 145 Å². The summed E-state index contributed by atoms with van der Waals surface area (Å²) in [5, 5.41) is 2.73. The SMILES string of the molecule is CC(C)(C)OC(=O)NCc1ccc(CN2CC(Br)CC2=O)cc1. The van der Waals surface area contributed by atoms with Gasteiger partial charge in [0.1, 0.15) is 5.60 Å². The number of ether oxygens (including phenoxy) is 1. The number of hydrogen-bond donors (Lipinski definition) is 1. The van der Waals surface area contributed by atoms with Crippen molar-refractivity contribution in [2.45, 2.75) is 50.7 Å². The van der Waals surface area contributed by atoms with Crippen molar-refractivity contribution < 1.29 is 14.3 Å². The standard InChI is InChI=1S/C17H23BrN2O3/c1-17(2,3)23-16(22)19-9-12-4-6-13(7-5-12)10-20-11-14(18)8-15(20)21/h4-7,14H,8-11H2,1-3H3,(H,19,22). The molecule has 2 amide bonds. The second kappa shape index (κ2) is 7.34. The van der Waals surface area contributed by atoms with E-state index in [1.54, 1.807) is 0 Å². The number of likely N-dealkylation sites (tertiary alicyclic amines) is 1. The average molecular weight is 383 g/mol. The summed E-state index contributed by atoms with van der Waals surface area (Å²) in [6, 6.07) is 7.89. The Kier molecular flexibility index (Phi) is 5.68. The lowest BCUT2D eigenvalue weighted by atomic mass is 10.1. The Bertz CT molecular complexity index is 566. The lowest BCUT2D eigenvalue weighted by Gasteiger charge is -2.19. The maximum Gasteiger partial charge on any atom is 0.407 e. The second-order valence-corrected chi connectivity index (χ2v) is 8.04. The molecule has 1 aromatic carbocycles. The Hall–Kier alpha value is -1.56. The molecule has 0 saturated carbocycles. The first kappa shape index (κ1) is 17.8. The summed E-state index contributed by atoms with van der Waals surface area (Å²) in [5.74, 6) is 0.183. The zero-order chi connectivity index (χ0) is 17.0. The summed E-state index contributed by atoms with van der Waals surface area (Å²) < 4.78 is 5.20. The number of hydrogen-bond acceptors (Lipinski definition) is 3. The molecule has 1 unspecified atom stereocenters. The van der Waals surface area contributed by atoms with Crippen molar-refractivity contribution in [2.24, 2.45) is 0 Å². The predicted molar refractivity (Wildman–Crippen MR) is 92.3 cm³/mol. The fourth-order valence-electron chi connectivity index (χ4n) is 2.35. The summed E-state index contributed by atoms with van der Waals surface area (Å²) in [6.45, 7) is 7.29. The van der Waals surface area contributed by atoms with Gasteiger partial charge in [-0.05, 0) is 31.9 Å². The molecule has 5 nitrogen and oxygen atoms in total. The van der Waals surface area contributed by atoms with Gasteiger partial charge in [-0.15, -0.1) is 0 Å². The van der Waals surface area contributed by atoms with Crippen molar-refractivity contribution in [1.29, 1.82) is 0 Å². The molecule has 126 valence electrons. The van der Waals surface area contributed by atoms with Crippen molar-refractivity contribution in [3.8, 4) is 0 Å². The van der Waals surface area contributed by atoms with Crippen molar-refractivity contribution in [1.82, 2.24) is 10.2 Å². The van der Waals surface area contributed by atoms with Gasteiger partial charge in [0.25, 0.3) is 0 Å². The van der Waals surface area contributed by atoms with E-state index < -0.39 is 11.7 Å². The molecule has 1 saturated heterocycles. The third-order valence-electron chi connectivity index (χ3n) is 3.40. The average Bonchev–Trinajstić information content (AvgIpc) is 2.74. The lowest BCUT2D eigenvalue weighted by molar-refractivity contribution is -0.128. The van der Waals surface area contributed by atoms with Gasteiger partial charge in [-0.3, -0.25) is 4.79 Å². The Morgan fingerprint density at radius 2 is 1.91 bits per heavy atom. The quantitative estimate of drug-likeness (QED) is 0.813. The molecular formula is C17H23BrN2O3. The fraction of sp³-hybridized carbons (Fsp3) is 0.529. The number of amides is 2. The molecule has 1 heterocycles. The van der Waals surface area contributed by atoms with Gasteiger partial charge in [-0.1, -0.05) is 40.2 Å². The first-order valence-corrected chi connectivity index (χ1v) is 8.61. The minimum atomic E-state index is -0.497. The van der Waals surface area contributed by atoms with E-state index in [0.717, 1.165) is 17.7 Å². The van der Waals surface area contributed by atoms with Crippen LogP contribution in [0.2, 0.25) is 0 Å². The highest BCUT2D eigenvalue weighted by atomic mass is 79.9. The predicted octanol–water partition coefficient (Wildman–Crippen LogP) is 3.21. The molecule has 0 bridgehead atoms. The topological polar surface area (TPSA) is 58.6 Å². The van der Waals surface area contributed by atoms with E-state index in [-0.39, 0.29) is 10.7 Å². The van der Waals surface area contributed by atoms with Crippen LogP contribution >= 0.6 is 15.9 Å². The van der Waals surface area contributed by atoms with Crippen molar-refractivity contribution in [3.05, 3.63) is 35.4 Å². The molecule has 1 fully saturated rings. The minimum Gasteiger partial charge on any atom is -0.444 e. The molecule has 1 aliphatic heterocycles. The molecule has 1 atom stereocenters. The van der Waals surface area contributed by atoms with Crippen molar-refractivity contribution in [2.75, 3.05) is 6.54 Å². The molecular weight excluding hydrogens is 360 g/mol. The van der Waals surface area contributed by atoms with E-state index in [2.05, 4.69) is 21.2 Å². The number of carbonyl (C=O) groups excluding carboxylic acids is 2. The van der Waals surface area contributed by atoms with Crippen LogP contribution in [-0.4, -0.2) is 33.9 Å². The number of halogens is 1. The van der Waals surface area contributed by atoms with Crippen molar-refractivity contribution in [3.63, 3.8) is 0 Å². The molecule has 0 aromatic heterocycles. The van der Waals surface area contributed by atoms with Gasteiger partial charge in [0.2, 0.25) is 5.91 Å². The normalized spacial score (nSPS) is 18.2. The van der Waals surface area contributed by atoms with Gasteiger partial charge in [0.15, 0.2) is 0 Å². The largest absolute Gasteiger partial charge is 0.444 e. The van der Waals surface area contributed by atoms with Gasteiger partial charge >= 0.3 is 6.09 Å². The molecule has 6 heteroatoms. The van der Waals surface area contributed by atoms with E-state index in [9.17, 15) is 9.59 Å². The maximum atomic E-state index is 11.8. The van der Waals surface area contributed by atoms with E-state index in [0.29, 0.717) is 19.5 Å². The van der Waals surface area contributed by atoms with Gasteiger partial charge < -0.3 is 15.0 Å². The summed E-state index contributed by atoms with van der Waals surface area (Å²) in [6.07, 6.45) is 0.144. The van der Waals surface area contributed by atoms with E-state index >= 15 is 0 Å². The van der Waals surface area contributed by atoms with E-state index in [1.165, 1.54) is 0 Å². The number of rotatable bonds is 4. The molecule has 1 aliphatic rings. The summed E-state index contributed by atoms with van der Waals surface area (Å²) in [7, 11) is 0. The van der Waals surface area contributed by atoms with Crippen LogP contribution < -0.4 is 5.32 Å². The Morgan fingerprint density at radius 3 is 2.43 bits per heavy atom. The van der Waals surface area contributed by atoms with Gasteiger partial charge in [0, 0.05) is 30.9 Å². The number of alkyl halides is 1. The number of carbonyl (C=O) groups is 2. The molecule has 0 spiro atoms. The number of nitrogens with zero attached hydrogens (tertiary/aromatic N) is 1. The van der Waals surface area contributed by atoms with Crippen LogP contribution in [0.3, 0.4) is 0 Å². The molecule has 0 aliphatic carbocycles. The Morgan fingerprint density at radius 1 is 1.30 bits per heavy atom. The molecule has 0 radical (unpaired) electrons. The van der Waals surface area contributed by atoms with Crippen LogP contribution in [0.1, 0.15) is 38.3 Å². The number of alkyl carbamates (subject to hydrolysis) is 1. The highest BCUT2D eigenvalue weighted by Gasteiger charge is 2.27. The Balaban J connectivity index is 1.83. The maximum absolute atomic E-state index is 11.8. The zero-order valence-electron chi connectivity index (χ0n) is 13.8. The summed E-state index contributed by atoms with van der Waals surface area (Å²) >= 11 is 3.48. The smallest absolute Gasteiger partial charge is 0.407 e. The van der Waals surface area contributed by atoms with Crippen LogP contribution in [0.4, 0.5) is 4.79 Å². The first-order valence-electron chi connectivity index (χ1n) is 7.69. The lowest BCUT2D eigenvalue weighted by Crippen LogP contribution is -2.32. The third-order valence-corrected chi connectivity index (χ3v) is 4.01. The van der Waals surface area contributed by atoms with Crippen LogP contribution in [0.15, 0.2) is 24.3 Å². The molecule has 2 rings (SSSR count). The van der Waals surface area contributed by atoms with Gasteiger partial charge in [-0.2, -0.15) is 0 Å².